The molecule has 0 fully saturated rings. The summed E-state index contributed by atoms with van der Waals surface area (Å²) in [5.41, 5.74) is 3.73. The molecule has 0 saturated heterocycles. The first-order valence-corrected chi connectivity index (χ1v) is 18.1. The standard InChI is InChI=1S/C40H51N5OS/c1-7-11-23-44(24-12-8-2)33-17-15-31(38(27-33)45(25-13-9-3)26-14-10-4)16-18-34-19-20-35(47-34)21-22-37-36(30-43)39(32(28-41)29-42)46-40(37,5)6/h15-22,27H,7-14,23-26H2,1-6H3/b18-16-,22-21+. The minimum atomic E-state index is -0.831. The van der Waals surface area contributed by atoms with Crippen LogP contribution in [0.4, 0.5) is 11.4 Å². The van der Waals surface area contributed by atoms with E-state index in [1.54, 1.807) is 11.3 Å². The van der Waals surface area contributed by atoms with Crippen LogP contribution in [0, 0.1) is 34.0 Å². The maximum atomic E-state index is 9.85. The number of hydrogen-bond acceptors (Lipinski definition) is 7. The molecular formula is C40H51N5OS. The van der Waals surface area contributed by atoms with E-state index in [-0.39, 0.29) is 16.9 Å². The number of benzene rings is 1. The van der Waals surface area contributed by atoms with Crippen molar-refractivity contribution in [1.82, 2.24) is 0 Å². The summed E-state index contributed by atoms with van der Waals surface area (Å²) < 4.78 is 5.90. The molecule has 1 aliphatic heterocycles. The summed E-state index contributed by atoms with van der Waals surface area (Å²) in [4.78, 5) is 7.34. The van der Waals surface area contributed by atoms with E-state index in [0.29, 0.717) is 5.57 Å². The van der Waals surface area contributed by atoms with Crippen molar-refractivity contribution >= 4 is 40.9 Å². The molecule has 6 nitrogen and oxygen atoms in total. The van der Waals surface area contributed by atoms with Gasteiger partial charge in [0.25, 0.3) is 0 Å². The molecule has 2 aromatic rings. The van der Waals surface area contributed by atoms with Crippen LogP contribution >= 0.6 is 11.3 Å². The summed E-state index contributed by atoms with van der Waals surface area (Å²) in [6.45, 7) is 17.0. The van der Waals surface area contributed by atoms with Crippen LogP contribution < -0.4 is 9.80 Å². The summed E-state index contributed by atoms with van der Waals surface area (Å²) in [5, 5.41) is 28.6. The number of ether oxygens (including phenoxy) is 1. The maximum absolute atomic E-state index is 9.85. The van der Waals surface area contributed by atoms with Crippen LogP contribution in [0.3, 0.4) is 0 Å². The van der Waals surface area contributed by atoms with Gasteiger partial charge in [0.1, 0.15) is 29.4 Å². The fraction of sp³-hybridized carbons (Fsp3) is 0.475. The molecule has 0 atom stereocenters. The fourth-order valence-corrected chi connectivity index (χ4v) is 6.45. The molecule has 1 aromatic heterocycles. The van der Waals surface area contributed by atoms with Crippen molar-refractivity contribution < 1.29 is 4.74 Å². The van der Waals surface area contributed by atoms with E-state index in [1.807, 2.05) is 38.1 Å². The Morgan fingerprint density at radius 3 is 1.79 bits per heavy atom. The number of rotatable bonds is 18. The molecule has 0 N–H and O–H groups in total. The lowest BCUT2D eigenvalue weighted by atomic mass is 9.94. The Morgan fingerprint density at radius 1 is 0.745 bits per heavy atom. The average molecular weight is 650 g/mol. The zero-order chi connectivity index (χ0) is 34.2. The normalized spacial score (nSPS) is 13.9. The van der Waals surface area contributed by atoms with Gasteiger partial charge in [-0.1, -0.05) is 71.6 Å². The Morgan fingerprint density at radius 2 is 1.28 bits per heavy atom. The zero-order valence-corrected chi connectivity index (χ0v) is 30.1. The monoisotopic (exact) mass is 649 g/mol. The average Bonchev–Trinajstić information content (AvgIpc) is 3.63. The first-order valence-electron chi connectivity index (χ1n) is 17.2. The SMILES string of the molecule is CCCCN(CCCC)c1ccc(/C=C\c2ccc(/C=C/C3=C(C#N)C(=C(C#N)C#N)OC3(C)C)s2)c(N(CCCC)CCCC)c1. The molecule has 7 heteroatoms. The third-order valence-corrected chi connectivity index (χ3v) is 9.42. The second-order valence-corrected chi connectivity index (χ2v) is 13.6. The molecule has 0 saturated carbocycles. The van der Waals surface area contributed by atoms with Crippen molar-refractivity contribution in [3.05, 3.63) is 74.2 Å². The van der Waals surface area contributed by atoms with Gasteiger partial charge >= 0.3 is 0 Å². The number of allylic oxidation sites excluding steroid dienone is 2. The van der Waals surface area contributed by atoms with E-state index in [1.165, 1.54) is 68.3 Å². The molecule has 0 bridgehead atoms. The van der Waals surface area contributed by atoms with Crippen molar-refractivity contribution in [2.24, 2.45) is 0 Å². The molecular weight excluding hydrogens is 599 g/mol. The molecule has 0 spiro atoms. The highest BCUT2D eigenvalue weighted by Gasteiger charge is 2.38. The number of hydrogen-bond donors (Lipinski definition) is 0. The minimum absolute atomic E-state index is 0.0598. The molecule has 1 aliphatic rings. The van der Waals surface area contributed by atoms with Crippen LogP contribution in [0.25, 0.3) is 18.2 Å². The van der Waals surface area contributed by atoms with E-state index in [0.717, 1.165) is 35.9 Å². The fourth-order valence-electron chi connectivity index (χ4n) is 5.63. The first-order chi connectivity index (χ1) is 22.8. The van der Waals surface area contributed by atoms with Crippen LogP contribution in [-0.4, -0.2) is 31.8 Å². The van der Waals surface area contributed by atoms with Gasteiger partial charge in [0.15, 0.2) is 11.3 Å². The summed E-state index contributed by atoms with van der Waals surface area (Å²) in [6, 6.07) is 17.1. The topological polar surface area (TPSA) is 87.1 Å². The smallest absolute Gasteiger partial charge is 0.172 e. The highest BCUT2D eigenvalue weighted by atomic mass is 32.1. The zero-order valence-electron chi connectivity index (χ0n) is 29.2. The quantitative estimate of drug-likeness (QED) is 0.149. The lowest BCUT2D eigenvalue weighted by Crippen LogP contribution is -2.28. The number of thiophene rings is 1. The Kier molecular flexibility index (Phi) is 14.9. The van der Waals surface area contributed by atoms with E-state index < -0.39 is 5.60 Å². The van der Waals surface area contributed by atoms with Gasteiger partial charge in [0.2, 0.25) is 0 Å². The van der Waals surface area contributed by atoms with Crippen LogP contribution in [0.2, 0.25) is 0 Å². The molecule has 47 heavy (non-hydrogen) atoms. The first kappa shape index (κ1) is 37.2. The van der Waals surface area contributed by atoms with Crippen molar-refractivity contribution in [1.29, 1.82) is 15.8 Å². The third kappa shape index (κ3) is 10.1. The third-order valence-electron chi connectivity index (χ3n) is 8.40. The minimum Gasteiger partial charge on any atom is -0.480 e. The largest absolute Gasteiger partial charge is 0.480 e. The van der Waals surface area contributed by atoms with Crippen LogP contribution in [0.15, 0.2) is 58.9 Å². The van der Waals surface area contributed by atoms with E-state index in [4.69, 9.17) is 4.74 Å². The second-order valence-electron chi connectivity index (χ2n) is 12.5. The lowest BCUT2D eigenvalue weighted by Gasteiger charge is -2.30. The molecule has 3 rings (SSSR count). The van der Waals surface area contributed by atoms with E-state index in [2.05, 4.69) is 86.0 Å². The van der Waals surface area contributed by atoms with Gasteiger partial charge in [-0.25, -0.2) is 0 Å². The van der Waals surface area contributed by atoms with Gasteiger partial charge in [-0.3, -0.25) is 0 Å². The van der Waals surface area contributed by atoms with Gasteiger partial charge < -0.3 is 14.5 Å². The molecule has 2 heterocycles. The summed E-state index contributed by atoms with van der Waals surface area (Å²) in [7, 11) is 0. The summed E-state index contributed by atoms with van der Waals surface area (Å²) in [6.07, 6.45) is 17.7. The molecule has 0 aliphatic carbocycles. The summed E-state index contributed by atoms with van der Waals surface area (Å²) >= 11 is 1.67. The van der Waals surface area contributed by atoms with Gasteiger partial charge in [-0.2, -0.15) is 15.8 Å². The van der Waals surface area contributed by atoms with Gasteiger partial charge in [-0.15, -0.1) is 11.3 Å². The van der Waals surface area contributed by atoms with Crippen molar-refractivity contribution in [3.63, 3.8) is 0 Å². The van der Waals surface area contributed by atoms with Crippen molar-refractivity contribution in [2.75, 3.05) is 36.0 Å². The van der Waals surface area contributed by atoms with Crippen molar-refractivity contribution in [2.45, 2.75) is 98.5 Å². The molecule has 0 radical (unpaired) electrons. The number of nitrogens with zero attached hydrogens (tertiary/aromatic N) is 5. The van der Waals surface area contributed by atoms with Gasteiger partial charge in [0.05, 0.1) is 0 Å². The predicted octanol–water partition coefficient (Wildman–Crippen LogP) is 10.7. The van der Waals surface area contributed by atoms with E-state index in [9.17, 15) is 15.8 Å². The van der Waals surface area contributed by atoms with Crippen LogP contribution in [0.5, 0.6) is 0 Å². The predicted molar refractivity (Wildman–Crippen MR) is 199 cm³/mol. The molecule has 1 aromatic carbocycles. The summed E-state index contributed by atoms with van der Waals surface area (Å²) in [5.74, 6) is 0.0598. The molecule has 0 unspecified atom stereocenters. The Labute approximate surface area is 287 Å². The molecule has 248 valence electrons. The highest BCUT2D eigenvalue weighted by molar-refractivity contribution is 7.13. The van der Waals surface area contributed by atoms with Crippen LogP contribution in [0.1, 0.15) is 108 Å². The van der Waals surface area contributed by atoms with Crippen molar-refractivity contribution in [3.8, 4) is 18.2 Å². The van der Waals surface area contributed by atoms with Crippen LogP contribution in [-0.2, 0) is 4.74 Å². The maximum Gasteiger partial charge on any atom is 0.172 e. The Balaban J connectivity index is 1.96. The number of unbranched alkanes of at least 4 members (excludes halogenated alkanes) is 4. The lowest BCUT2D eigenvalue weighted by molar-refractivity contribution is 0.0954. The number of anilines is 2. The van der Waals surface area contributed by atoms with E-state index >= 15 is 0 Å². The van der Waals surface area contributed by atoms with Gasteiger partial charge in [0, 0.05) is 52.9 Å². The number of nitriles is 3. The Hall–Kier alpha value is -4.25. The van der Waals surface area contributed by atoms with Gasteiger partial charge in [-0.05, 0) is 81.5 Å². The molecule has 0 amide bonds. The Bertz CT molecular complexity index is 1560. The highest BCUT2D eigenvalue weighted by Crippen LogP contribution is 2.40. The second kappa shape index (κ2) is 18.8.